The van der Waals surface area contributed by atoms with E-state index in [0.29, 0.717) is 38.3 Å². The van der Waals surface area contributed by atoms with Gasteiger partial charge in [0.1, 0.15) is 11.6 Å². The summed E-state index contributed by atoms with van der Waals surface area (Å²) in [4.78, 5) is 28.3. The van der Waals surface area contributed by atoms with Crippen molar-refractivity contribution in [3.63, 3.8) is 0 Å². The molecule has 1 saturated carbocycles. The van der Waals surface area contributed by atoms with Crippen LogP contribution in [0.25, 0.3) is 0 Å². The van der Waals surface area contributed by atoms with Gasteiger partial charge in [-0.25, -0.2) is 14.8 Å². The highest BCUT2D eigenvalue weighted by atomic mass is 16.5. The first-order chi connectivity index (χ1) is 12.6. The molecule has 4 rings (SSSR count). The molecule has 0 radical (unpaired) electrons. The summed E-state index contributed by atoms with van der Waals surface area (Å²) in [6, 6.07) is 2.53. The van der Waals surface area contributed by atoms with Gasteiger partial charge in [0.15, 0.2) is 0 Å². The largest absolute Gasteiger partial charge is 0.378 e. The molecule has 1 aromatic rings. The van der Waals surface area contributed by atoms with Gasteiger partial charge in [0.05, 0.1) is 13.2 Å². The van der Waals surface area contributed by atoms with Gasteiger partial charge in [0.2, 0.25) is 0 Å². The second kappa shape index (κ2) is 7.39. The summed E-state index contributed by atoms with van der Waals surface area (Å²) in [5.41, 5.74) is 1.05. The molecular weight excluding hydrogens is 330 g/mol. The molecule has 0 atom stereocenters. The molecule has 2 aliphatic heterocycles. The fraction of sp³-hybridized carbons (Fsp3) is 0.737. The fourth-order valence-corrected chi connectivity index (χ4v) is 3.88. The highest BCUT2D eigenvalue weighted by Crippen LogP contribution is 2.38. The third-order valence-corrected chi connectivity index (χ3v) is 5.72. The molecule has 1 aromatic heterocycles. The van der Waals surface area contributed by atoms with Gasteiger partial charge in [-0.1, -0.05) is 0 Å². The first kappa shape index (κ1) is 17.5. The van der Waals surface area contributed by atoms with Crippen LogP contribution in [0.5, 0.6) is 0 Å². The molecule has 0 unspecified atom stereocenters. The quantitative estimate of drug-likeness (QED) is 0.826. The number of aromatic nitrogens is 2. The summed E-state index contributed by atoms with van der Waals surface area (Å²) >= 11 is 0. The first-order valence-corrected chi connectivity index (χ1v) is 9.82. The van der Waals surface area contributed by atoms with Crippen LogP contribution in [0, 0.1) is 6.92 Å². The second-order valence-electron chi connectivity index (χ2n) is 7.71. The predicted molar refractivity (Wildman–Crippen MR) is 99.5 cm³/mol. The van der Waals surface area contributed by atoms with Crippen molar-refractivity contribution in [2.75, 3.05) is 51.3 Å². The molecule has 2 amide bonds. The van der Waals surface area contributed by atoms with E-state index in [4.69, 9.17) is 9.72 Å². The number of ether oxygens (including phenoxy) is 1. The van der Waals surface area contributed by atoms with Crippen LogP contribution in [-0.2, 0) is 4.74 Å². The number of amides is 2. The third-order valence-electron chi connectivity index (χ3n) is 5.72. The maximum Gasteiger partial charge on any atom is 0.320 e. The van der Waals surface area contributed by atoms with Crippen LogP contribution >= 0.6 is 0 Å². The molecule has 3 fully saturated rings. The van der Waals surface area contributed by atoms with Crippen molar-refractivity contribution < 1.29 is 9.53 Å². The monoisotopic (exact) mass is 359 g/mol. The standard InChI is InChI=1S/C19H29N5O2/c1-14-13-17(21-18(20-14)15-3-4-15)23-7-5-16(6-8-23)22(2)19(25)24-9-11-26-12-10-24/h13,15-16H,3-12H2,1-2H3. The maximum absolute atomic E-state index is 12.7. The van der Waals surface area contributed by atoms with E-state index in [1.807, 2.05) is 16.8 Å². The van der Waals surface area contributed by atoms with Crippen LogP contribution in [0.4, 0.5) is 10.6 Å². The Labute approximate surface area is 155 Å². The minimum atomic E-state index is 0.139. The number of morpholine rings is 1. The van der Waals surface area contributed by atoms with Crippen molar-refractivity contribution in [1.82, 2.24) is 19.8 Å². The number of carbonyl (C=O) groups excluding carboxylic acids is 1. The summed E-state index contributed by atoms with van der Waals surface area (Å²) in [6.07, 6.45) is 4.40. The van der Waals surface area contributed by atoms with Gasteiger partial charge in [-0.15, -0.1) is 0 Å². The van der Waals surface area contributed by atoms with Crippen LogP contribution in [-0.4, -0.2) is 78.3 Å². The van der Waals surface area contributed by atoms with E-state index in [2.05, 4.69) is 22.9 Å². The predicted octanol–water partition coefficient (Wildman–Crippen LogP) is 2.02. The average molecular weight is 359 g/mol. The molecule has 1 aliphatic carbocycles. The van der Waals surface area contributed by atoms with Crippen LogP contribution in [0.15, 0.2) is 6.07 Å². The Morgan fingerprint density at radius 2 is 1.81 bits per heavy atom. The molecule has 7 heteroatoms. The van der Waals surface area contributed by atoms with Crippen molar-refractivity contribution in [2.45, 2.75) is 44.6 Å². The highest BCUT2D eigenvalue weighted by Gasteiger charge is 2.31. The molecule has 0 aromatic carbocycles. The number of nitrogens with zero attached hydrogens (tertiary/aromatic N) is 5. The topological polar surface area (TPSA) is 61.8 Å². The first-order valence-electron chi connectivity index (χ1n) is 9.82. The molecule has 2 saturated heterocycles. The van der Waals surface area contributed by atoms with Crippen molar-refractivity contribution in [1.29, 1.82) is 0 Å². The van der Waals surface area contributed by atoms with Crippen molar-refractivity contribution >= 4 is 11.8 Å². The zero-order valence-corrected chi connectivity index (χ0v) is 15.9. The third kappa shape index (κ3) is 3.77. The van der Waals surface area contributed by atoms with Crippen molar-refractivity contribution in [3.05, 3.63) is 17.6 Å². The van der Waals surface area contributed by atoms with Gasteiger partial charge in [-0.05, 0) is 32.6 Å². The summed E-state index contributed by atoms with van der Waals surface area (Å²) in [7, 11) is 1.94. The smallest absolute Gasteiger partial charge is 0.320 e. The van der Waals surface area contributed by atoms with Gasteiger partial charge in [0, 0.05) is 56.9 Å². The minimum absolute atomic E-state index is 0.139. The summed E-state index contributed by atoms with van der Waals surface area (Å²) < 4.78 is 5.35. The molecule has 142 valence electrons. The number of piperidine rings is 1. The molecule has 7 nitrogen and oxygen atoms in total. The van der Waals surface area contributed by atoms with E-state index in [-0.39, 0.29) is 6.03 Å². The summed E-state index contributed by atoms with van der Waals surface area (Å²) in [6.45, 7) is 6.62. The lowest BCUT2D eigenvalue weighted by molar-refractivity contribution is 0.0409. The minimum Gasteiger partial charge on any atom is -0.378 e. The Balaban J connectivity index is 1.35. The Morgan fingerprint density at radius 3 is 2.46 bits per heavy atom. The van der Waals surface area contributed by atoms with Gasteiger partial charge in [-0.3, -0.25) is 0 Å². The van der Waals surface area contributed by atoms with Crippen LogP contribution in [0.3, 0.4) is 0 Å². The summed E-state index contributed by atoms with van der Waals surface area (Å²) in [5.74, 6) is 2.64. The van der Waals surface area contributed by atoms with E-state index in [1.54, 1.807) is 0 Å². The van der Waals surface area contributed by atoms with E-state index in [1.165, 1.54) is 12.8 Å². The van der Waals surface area contributed by atoms with E-state index in [0.717, 1.165) is 43.3 Å². The normalized spacial score (nSPS) is 21.8. The van der Waals surface area contributed by atoms with Gasteiger partial charge < -0.3 is 19.4 Å². The Morgan fingerprint density at radius 1 is 1.12 bits per heavy atom. The zero-order chi connectivity index (χ0) is 18.1. The highest BCUT2D eigenvalue weighted by molar-refractivity contribution is 5.74. The van der Waals surface area contributed by atoms with Gasteiger partial charge >= 0.3 is 6.03 Å². The average Bonchev–Trinajstić information content (AvgIpc) is 3.52. The lowest BCUT2D eigenvalue weighted by Crippen LogP contribution is -2.52. The molecule has 26 heavy (non-hydrogen) atoms. The van der Waals surface area contributed by atoms with Crippen LogP contribution < -0.4 is 4.90 Å². The number of urea groups is 1. The lowest BCUT2D eigenvalue weighted by atomic mass is 10.0. The van der Waals surface area contributed by atoms with E-state index >= 15 is 0 Å². The maximum atomic E-state index is 12.7. The Kier molecular flexibility index (Phi) is 4.98. The number of rotatable bonds is 3. The van der Waals surface area contributed by atoms with Gasteiger partial charge in [0.25, 0.3) is 0 Å². The number of hydrogen-bond acceptors (Lipinski definition) is 5. The molecule has 0 N–H and O–H groups in total. The number of carbonyl (C=O) groups is 1. The SMILES string of the molecule is Cc1cc(N2CCC(N(C)C(=O)N3CCOCC3)CC2)nc(C2CC2)n1. The zero-order valence-electron chi connectivity index (χ0n) is 15.9. The fourth-order valence-electron chi connectivity index (χ4n) is 3.88. The number of aryl methyl sites for hydroxylation is 1. The van der Waals surface area contributed by atoms with E-state index in [9.17, 15) is 4.79 Å². The van der Waals surface area contributed by atoms with Crippen LogP contribution in [0.1, 0.15) is 43.1 Å². The van der Waals surface area contributed by atoms with Gasteiger partial charge in [-0.2, -0.15) is 0 Å². The Hall–Kier alpha value is -1.89. The molecular formula is C19H29N5O2. The van der Waals surface area contributed by atoms with E-state index < -0.39 is 0 Å². The van der Waals surface area contributed by atoms with Crippen molar-refractivity contribution in [3.8, 4) is 0 Å². The molecule has 3 heterocycles. The summed E-state index contributed by atoms with van der Waals surface area (Å²) in [5, 5.41) is 0. The Bertz CT molecular complexity index is 649. The molecule has 3 aliphatic rings. The lowest BCUT2D eigenvalue weighted by Gasteiger charge is -2.40. The number of anilines is 1. The van der Waals surface area contributed by atoms with Crippen molar-refractivity contribution in [2.24, 2.45) is 0 Å². The van der Waals surface area contributed by atoms with Crippen LogP contribution in [0.2, 0.25) is 0 Å². The number of hydrogen-bond donors (Lipinski definition) is 0. The molecule has 0 spiro atoms. The molecule has 0 bridgehead atoms. The second-order valence-corrected chi connectivity index (χ2v) is 7.71.